The van der Waals surface area contributed by atoms with Crippen LogP contribution in [0.5, 0.6) is 0 Å². The molecule has 3 atom stereocenters. The first-order chi connectivity index (χ1) is 6.11. The molecule has 1 saturated carbocycles. The summed E-state index contributed by atoms with van der Waals surface area (Å²) in [6.45, 7) is 1.64. The fraction of sp³-hybridized carbons (Fsp3) is 0.889. The quantitative estimate of drug-likeness (QED) is 0.557. The fourth-order valence-corrected chi connectivity index (χ4v) is 1.59. The molecule has 1 aliphatic carbocycles. The van der Waals surface area contributed by atoms with Gasteiger partial charge in [0.25, 0.3) is 0 Å². The van der Waals surface area contributed by atoms with E-state index in [4.69, 9.17) is 5.73 Å². The zero-order valence-corrected chi connectivity index (χ0v) is 7.99. The lowest BCUT2D eigenvalue weighted by Crippen LogP contribution is -2.49. The van der Waals surface area contributed by atoms with Gasteiger partial charge in [-0.15, -0.1) is 0 Å². The molecule has 0 aromatic heterocycles. The average molecular weight is 186 g/mol. The maximum absolute atomic E-state index is 11.2. The molecule has 0 aromatic rings. The number of rotatable bonds is 2. The van der Waals surface area contributed by atoms with Crippen molar-refractivity contribution < 1.29 is 9.90 Å². The van der Waals surface area contributed by atoms with Crippen molar-refractivity contribution in [2.24, 2.45) is 5.73 Å². The van der Waals surface area contributed by atoms with E-state index < -0.39 is 12.1 Å². The molecule has 1 amide bonds. The minimum atomic E-state index is -0.492. The van der Waals surface area contributed by atoms with Crippen LogP contribution in [-0.4, -0.2) is 29.2 Å². The van der Waals surface area contributed by atoms with Crippen LogP contribution in [0.3, 0.4) is 0 Å². The van der Waals surface area contributed by atoms with Crippen LogP contribution < -0.4 is 11.1 Å². The van der Waals surface area contributed by atoms with Crippen molar-refractivity contribution >= 4 is 5.91 Å². The molecular formula is C9H18N2O2. The standard InChI is InChI=1S/C9H18N2O2/c1-6(10)9(13)11-7-4-2-3-5-8(7)12/h6-8,12H,2-5,10H2,1H3,(H,11,13)/t6-,7+,8+/m1/s1. The summed E-state index contributed by atoms with van der Waals surface area (Å²) in [6.07, 6.45) is 3.37. The summed E-state index contributed by atoms with van der Waals surface area (Å²) in [5.74, 6) is -0.175. The lowest BCUT2D eigenvalue weighted by molar-refractivity contribution is -0.123. The summed E-state index contributed by atoms with van der Waals surface area (Å²) >= 11 is 0. The van der Waals surface area contributed by atoms with Gasteiger partial charge >= 0.3 is 0 Å². The molecule has 1 rings (SSSR count). The van der Waals surface area contributed by atoms with Gasteiger partial charge in [-0.25, -0.2) is 0 Å². The topological polar surface area (TPSA) is 75.4 Å². The van der Waals surface area contributed by atoms with Crippen LogP contribution in [0.2, 0.25) is 0 Å². The van der Waals surface area contributed by atoms with Crippen molar-refractivity contribution in [3.8, 4) is 0 Å². The van der Waals surface area contributed by atoms with Crippen molar-refractivity contribution in [2.75, 3.05) is 0 Å². The Morgan fingerprint density at radius 2 is 2.15 bits per heavy atom. The van der Waals surface area contributed by atoms with Crippen molar-refractivity contribution in [3.05, 3.63) is 0 Å². The summed E-state index contributed by atoms with van der Waals surface area (Å²) < 4.78 is 0. The van der Waals surface area contributed by atoms with Crippen molar-refractivity contribution in [2.45, 2.75) is 50.8 Å². The number of amides is 1. The number of hydrogen-bond acceptors (Lipinski definition) is 3. The molecule has 4 nitrogen and oxygen atoms in total. The summed E-state index contributed by atoms with van der Waals surface area (Å²) in [4.78, 5) is 11.2. The minimum Gasteiger partial charge on any atom is -0.391 e. The second kappa shape index (κ2) is 4.58. The molecule has 4 N–H and O–H groups in total. The SMILES string of the molecule is C[C@@H](N)C(=O)N[C@H]1CCCC[C@@H]1O. The molecule has 0 unspecified atom stereocenters. The molecule has 1 aliphatic rings. The molecule has 13 heavy (non-hydrogen) atoms. The van der Waals surface area contributed by atoms with E-state index in [0.29, 0.717) is 0 Å². The number of aliphatic hydroxyl groups is 1. The second-order valence-corrected chi connectivity index (χ2v) is 3.76. The first-order valence-corrected chi connectivity index (χ1v) is 4.85. The molecule has 0 aliphatic heterocycles. The van der Waals surface area contributed by atoms with Crippen LogP contribution in [0.25, 0.3) is 0 Å². The van der Waals surface area contributed by atoms with Crippen LogP contribution >= 0.6 is 0 Å². The highest BCUT2D eigenvalue weighted by atomic mass is 16.3. The van der Waals surface area contributed by atoms with E-state index in [1.54, 1.807) is 6.92 Å². The maximum Gasteiger partial charge on any atom is 0.236 e. The van der Waals surface area contributed by atoms with Gasteiger partial charge in [0.05, 0.1) is 18.2 Å². The van der Waals surface area contributed by atoms with Crippen LogP contribution in [0, 0.1) is 0 Å². The van der Waals surface area contributed by atoms with E-state index in [0.717, 1.165) is 25.7 Å². The monoisotopic (exact) mass is 186 g/mol. The predicted molar refractivity (Wildman–Crippen MR) is 50.1 cm³/mol. The van der Waals surface area contributed by atoms with Gasteiger partial charge in [0.2, 0.25) is 5.91 Å². The summed E-state index contributed by atoms with van der Waals surface area (Å²) in [7, 11) is 0. The van der Waals surface area contributed by atoms with Gasteiger partial charge in [0.1, 0.15) is 0 Å². The number of carbonyl (C=O) groups excluding carboxylic acids is 1. The van der Waals surface area contributed by atoms with Gasteiger partial charge in [0.15, 0.2) is 0 Å². The fourth-order valence-electron chi connectivity index (χ4n) is 1.59. The van der Waals surface area contributed by atoms with Crippen LogP contribution in [0.15, 0.2) is 0 Å². The van der Waals surface area contributed by atoms with E-state index >= 15 is 0 Å². The van der Waals surface area contributed by atoms with Gasteiger partial charge < -0.3 is 16.2 Å². The average Bonchev–Trinajstić information content (AvgIpc) is 2.08. The molecule has 1 fully saturated rings. The largest absolute Gasteiger partial charge is 0.391 e. The Labute approximate surface area is 78.5 Å². The lowest BCUT2D eigenvalue weighted by atomic mass is 9.92. The second-order valence-electron chi connectivity index (χ2n) is 3.76. The number of nitrogens with one attached hydrogen (secondary N) is 1. The number of hydrogen-bond donors (Lipinski definition) is 3. The first-order valence-electron chi connectivity index (χ1n) is 4.85. The molecule has 0 bridgehead atoms. The Hall–Kier alpha value is -0.610. The van der Waals surface area contributed by atoms with Gasteiger partial charge in [-0.1, -0.05) is 12.8 Å². The van der Waals surface area contributed by atoms with E-state index in [2.05, 4.69) is 5.32 Å². The predicted octanol–water partition coefficient (Wildman–Crippen LogP) is -0.247. The van der Waals surface area contributed by atoms with Gasteiger partial charge in [-0.05, 0) is 19.8 Å². The van der Waals surface area contributed by atoms with Crippen LogP contribution in [0.1, 0.15) is 32.6 Å². The Kier molecular flexibility index (Phi) is 3.69. The Morgan fingerprint density at radius 1 is 1.54 bits per heavy atom. The minimum absolute atomic E-state index is 0.0905. The molecule has 4 heteroatoms. The third-order valence-electron chi connectivity index (χ3n) is 2.47. The molecule has 0 radical (unpaired) electrons. The Morgan fingerprint density at radius 3 is 2.69 bits per heavy atom. The zero-order valence-electron chi connectivity index (χ0n) is 7.99. The molecule has 0 heterocycles. The summed E-state index contributed by atoms with van der Waals surface area (Å²) in [6, 6.07) is -0.582. The molecule has 76 valence electrons. The van der Waals surface area contributed by atoms with Crippen LogP contribution in [-0.2, 0) is 4.79 Å². The molecule has 0 saturated heterocycles. The van der Waals surface area contributed by atoms with Crippen molar-refractivity contribution in [3.63, 3.8) is 0 Å². The zero-order chi connectivity index (χ0) is 9.84. The third kappa shape index (κ3) is 2.97. The van der Waals surface area contributed by atoms with E-state index in [9.17, 15) is 9.90 Å². The number of aliphatic hydroxyl groups excluding tert-OH is 1. The number of nitrogens with two attached hydrogens (primary N) is 1. The van der Waals surface area contributed by atoms with Gasteiger partial charge in [-0.2, -0.15) is 0 Å². The highest BCUT2D eigenvalue weighted by molar-refractivity contribution is 5.81. The Bertz CT molecular complexity index is 182. The smallest absolute Gasteiger partial charge is 0.236 e. The van der Waals surface area contributed by atoms with Crippen molar-refractivity contribution in [1.29, 1.82) is 0 Å². The number of carbonyl (C=O) groups is 1. The van der Waals surface area contributed by atoms with Gasteiger partial charge in [0, 0.05) is 0 Å². The molecule has 0 spiro atoms. The van der Waals surface area contributed by atoms with Gasteiger partial charge in [-0.3, -0.25) is 4.79 Å². The highest BCUT2D eigenvalue weighted by Gasteiger charge is 2.24. The highest BCUT2D eigenvalue weighted by Crippen LogP contribution is 2.18. The molecular weight excluding hydrogens is 168 g/mol. The van der Waals surface area contributed by atoms with Crippen LogP contribution in [0.4, 0.5) is 0 Å². The van der Waals surface area contributed by atoms with E-state index in [1.807, 2.05) is 0 Å². The van der Waals surface area contributed by atoms with E-state index in [-0.39, 0.29) is 11.9 Å². The Balaban J connectivity index is 2.38. The third-order valence-corrected chi connectivity index (χ3v) is 2.47. The molecule has 0 aromatic carbocycles. The summed E-state index contributed by atoms with van der Waals surface area (Å²) in [5.41, 5.74) is 5.40. The van der Waals surface area contributed by atoms with E-state index in [1.165, 1.54) is 0 Å². The normalized spacial score (nSPS) is 31.0. The van der Waals surface area contributed by atoms with Crippen molar-refractivity contribution in [1.82, 2.24) is 5.32 Å². The maximum atomic E-state index is 11.2. The summed E-state index contributed by atoms with van der Waals surface area (Å²) in [5, 5.41) is 12.3. The lowest BCUT2D eigenvalue weighted by Gasteiger charge is -2.28. The first kappa shape index (κ1) is 10.5.